The summed E-state index contributed by atoms with van der Waals surface area (Å²) in [4.78, 5) is 34.6. The number of aromatic carboxylic acids is 1. The highest BCUT2D eigenvalue weighted by atomic mass is 19.1. The van der Waals surface area contributed by atoms with Gasteiger partial charge in [-0.25, -0.2) is 14.0 Å². The Labute approximate surface area is 114 Å². The molecule has 1 aromatic carbocycles. The summed E-state index contributed by atoms with van der Waals surface area (Å²) in [6.45, 7) is -0.200. The zero-order chi connectivity index (χ0) is 15.3. The highest BCUT2D eigenvalue weighted by Gasteiger charge is 2.12. The topological polar surface area (TPSA) is 98.7 Å². The Morgan fingerprint density at radius 2 is 1.95 bits per heavy atom. The van der Waals surface area contributed by atoms with Gasteiger partial charge in [-0.3, -0.25) is 4.79 Å². The summed E-state index contributed by atoms with van der Waals surface area (Å²) in [5.74, 6) is -2.65. The minimum Gasteiger partial charge on any atom is -0.478 e. The second-order valence-electron chi connectivity index (χ2n) is 4.10. The average Bonchev–Trinajstić information content (AvgIpc) is 2.35. The lowest BCUT2D eigenvalue weighted by atomic mass is 10.2. The van der Waals surface area contributed by atoms with Crippen molar-refractivity contribution >= 4 is 23.6 Å². The van der Waals surface area contributed by atoms with Crippen molar-refractivity contribution < 1.29 is 23.9 Å². The third-order valence-corrected chi connectivity index (χ3v) is 2.36. The maximum atomic E-state index is 13.4. The fourth-order valence-electron chi connectivity index (χ4n) is 1.26. The van der Waals surface area contributed by atoms with E-state index < -0.39 is 23.4 Å². The second-order valence-corrected chi connectivity index (χ2v) is 4.10. The number of anilines is 1. The molecule has 1 rings (SSSR count). The van der Waals surface area contributed by atoms with Crippen molar-refractivity contribution in [1.29, 1.82) is 0 Å². The van der Waals surface area contributed by atoms with Crippen molar-refractivity contribution in [3.8, 4) is 0 Å². The van der Waals surface area contributed by atoms with Gasteiger partial charge in [0.2, 0.25) is 5.91 Å². The Kier molecular flexibility index (Phi) is 5.01. The zero-order valence-corrected chi connectivity index (χ0v) is 10.9. The van der Waals surface area contributed by atoms with Crippen molar-refractivity contribution in [2.45, 2.75) is 0 Å². The Hall–Kier alpha value is -2.64. The molecular weight excluding hydrogens is 269 g/mol. The molecule has 0 aromatic heterocycles. The van der Waals surface area contributed by atoms with Gasteiger partial charge in [0.25, 0.3) is 0 Å². The molecule has 0 radical (unpaired) electrons. The maximum Gasteiger partial charge on any atom is 0.338 e. The van der Waals surface area contributed by atoms with Crippen molar-refractivity contribution in [2.24, 2.45) is 0 Å². The van der Waals surface area contributed by atoms with E-state index in [4.69, 9.17) is 5.11 Å². The lowest BCUT2D eigenvalue weighted by Crippen LogP contribution is -2.38. The van der Waals surface area contributed by atoms with Crippen LogP contribution in [0.25, 0.3) is 0 Å². The van der Waals surface area contributed by atoms with Gasteiger partial charge in [0.05, 0.1) is 12.1 Å². The van der Waals surface area contributed by atoms with Crippen LogP contribution in [-0.2, 0) is 4.79 Å². The van der Waals surface area contributed by atoms with E-state index in [1.54, 1.807) is 14.1 Å². The van der Waals surface area contributed by atoms with Crippen LogP contribution in [0, 0.1) is 5.82 Å². The van der Waals surface area contributed by atoms with Crippen molar-refractivity contribution in [2.75, 3.05) is 26.0 Å². The van der Waals surface area contributed by atoms with Crippen molar-refractivity contribution in [3.63, 3.8) is 0 Å². The maximum absolute atomic E-state index is 13.4. The van der Waals surface area contributed by atoms with Crippen LogP contribution in [0.2, 0.25) is 0 Å². The summed E-state index contributed by atoms with van der Waals surface area (Å²) >= 11 is 0. The Bertz CT molecular complexity index is 546. The molecule has 0 saturated heterocycles. The van der Waals surface area contributed by atoms with Gasteiger partial charge >= 0.3 is 12.0 Å². The van der Waals surface area contributed by atoms with E-state index >= 15 is 0 Å². The van der Waals surface area contributed by atoms with Crippen LogP contribution in [-0.4, -0.2) is 48.6 Å². The Morgan fingerprint density at radius 1 is 1.30 bits per heavy atom. The molecule has 3 N–H and O–H groups in total. The van der Waals surface area contributed by atoms with E-state index in [0.29, 0.717) is 0 Å². The number of likely N-dealkylation sites (N-methyl/N-ethyl adjacent to an activating group) is 1. The first-order valence-corrected chi connectivity index (χ1v) is 5.59. The molecule has 0 saturated carbocycles. The molecule has 108 valence electrons. The normalized spacial score (nSPS) is 9.75. The molecule has 8 heteroatoms. The number of nitrogens with zero attached hydrogens (tertiary/aromatic N) is 1. The first-order valence-electron chi connectivity index (χ1n) is 5.59. The van der Waals surface area contributed by atoms with Crippen LogP contribution in [0.5, 0.6) is 0 Å². The number of benzene rings is 1. The van der Waals surface area contributed by atoms with Gasteiger partial charge in [-0.15, -0.1) is 0 Å². The van der Waals surface area contributed by atoms with Gasteiger partial charge in [0.1, 0.15) is 5.82 Å². The third-order valence-electron chi connectivity index (χ3n) is 2.36. The minimum absolute atomic E-state index is 0.0855. The van der Waals surface area contributed by atoms with E-state index in [0.717, 1.165) is 12.1 Å². The number of carboxylic acid groups (broad SMARTS) is 1. The highest BCUT2D eigenvalue weighted by molar-refractivity contribution is 5.93. The van der Waals surface area contributed by atoms with Crippen molar-refractivity contribution in [1.82, 2.24) is 10.2 Å². The van der Waals surface area contributed by atoms with Crippen LogP contribution in [0.1, 0.15) is 10.4 Å². The molecule has 1 aromatic rings. The van der Waals surface area contributed by atoms with E-state index in [1.165, 1.54) is 11.0 Å². The van der Waals surface area contributed by atoms with Gasteiger partial charge in [-0.1, -0.05) is 0 Å². The number of halogens is 1. The predicted molar refractivity (Wildman–Crippen MR) is 69.1 cm³/mol. The van der Waals surface area contributed by atoms with E-state index in [2.05, 4.69) is 10.6 Å². The number of rotatable bonds is 4. The smallest absolute Gasteiger partial charge is 0.338 e. The first kappa shape index (κ1) is 15.4. The lowest BCUT2D eigenvalue weighted by Gasteiger charge is -2.11. The molecule has 20 heavy (non-hydrogen) atoms. The number of hydrogen-bond donors (Lipinski definition) is 3. The summed E-state index contributed by atoms with van der Waals surface area (Å²) < 4.78 is 13.4. The van der Waals surface area contributed by atoms with Crippen LogP contribution >= 0.6 is 0 Å². The average molecular weight is 283 g/mol. The quantitative estimate of drug-likeness (QED) is 0.758. The molecule has 0 bridgehead atoms. The van der Waals surface area contributed by atoms with Gasteiger partial charge < -0.3 is 20.6 Å². The number of carbonyl (C=O) groups excluding carboxylic acids is 2. The fourth-order valence-corrected chi connectivity index (χ4v) is 1.26. The number of carbonyl (C=O) groups is 3. The molecule has 0 unspecified atom stereocenters. The minimum atomic E-state index is -1.39. The molecule has 3 amide bonds. The fraction of sp³-hybridized carbons (Fsp3) is 0.250. The SMILES string of the molecule is CN(C)C(=O)CNC(=O)Nc1ccc(C(=O)O)c(F)c1. The molecule has 0 spiro atoms. The number of nitrogens with one attached hydrogen (secondary N) is 2. The zero-order valence-electron chi connectivity index (χ0n) is 10.9. The summed E-state index contributed by atoms with van der Waals surface area (Å²) in [6, 6.07) is 2.48. The number of carboxylic acids is 1. The first-order chi connectivity index (χ1) is 9.31. The summed E-state index contributed by atoms with van der Waals surface area (Å²) in [5, 5.41) is 13.2. The number of amides is 3. The Morgan fingerprint density at radius 3 is 2.45 bits per heavy atom. The summed E-state index contributed by atoms with van der Waals surface area (Å²) in [6.07, 6.45) is 0. The lowest BCUT2D eigenvalue weighted by molar-refractivity contribution is -0.127. The van der Waals surface area contributed by atoms with Gasteiger partial charge in [-0.05, 0) is 18.2 Å². The van der Waals surface area contributed by atoms with Crippen LogP contribution in [0.4, 0.5) is 14.9 Å². The van der Waals surface area contributed by atoms with Crippen LogP contribution < -0.4 is 10.6 Å². The van der Waals surface area contributed by atoms with E-state index in [9.17, 15) is 18.8 Å². The molecule has 0 aliphatic carbocycles. The Balaban J connectivity index is 2.61. The summed E-state index contributed by atoms with van der Waals surface area (Å²) in [7, 11) is 3.09. The molecular formula is C12H14FN3O4. The number of urea groups is 1. The third kappa shape index (κ3) is 4.23. The van der Waals surface area contributed by atoms with Crippen molar-refractivity contribution in [3.05, 3.63) is 29.6 Å². The highest BCUT2D eigenvalue weighted by Crippen LogP contribution is 2.14. The predicted octanol–water partition coefficient (Wildman–Crippen LogP) is 0.734. The summed E-state index contributed by atoms with van der Waals surface area (Å²) in [5.41, 5.74) is -0.402. The van der Waals surface area contributed by atoms with Crippen LogP contribution in [0.3, 0.4) is 0 Å². The molecule has 0 aliphatic heterocycles. The molecule has 7 nitrogen and oxygen atoms in total. The van der Waals surface area contributed by atoms with Gasteiger partial charge in [0, 0.05) is 19.8 Å². The largest absolute Gasteiger partial charge is 0.478 e. The molecule has 0 fully saturated rings. The van der Waals surface area contributed by atoms with Crippen LogP contribution in [0.15, 0.2) is 18.2 Å². The van der Waals surface area contributed by atoms with E-state index in [1.807, 2.05) is 0 Å². The second kappa shape index (κ2) is 6.50. The molecule has 0 aliphatic rings. The van der Waals surface area contributed by atoms with Gasteiger partial charge in [0.15, 0.2) is 0 Å². The molecule has 0 heterocycles. The molecule has 0 atom stereocenters. The number of hydrogen-bond acceptors (Lipinski definition) is 3. The van der Waals surface area contributed by atoms with E-state index in [-0.39, 0.29) is 18.1 Å². The standard InChI is InChI=1S/C12H14FN3O4/c1-16(2)10(17)6-14-12(20)15-7-3-4-8(11(18)19)9(13)5-7/h3-5H,6H2,1-2H3,(H,18,19)(H2,14,15,20). The monoisotopic (exact) mass is 283 g/mol. The van der Waals surface area contributed by atoms with Gasteiger partial charge in [-0.2, -0.15) is 0 Å².